The molecule has 94 valence electrons. The van der Waals surface area contributed by atoms with Crippen LogP contribution >= 0.6 is 11.6 Å². The van der Waals surface area contributed by atoms with E-state index in [1.165, 1.54) is 4.68 Å². The maximum Gasteiger partial charge on any atom is 0.287 e. The van der Waals surface area contributed by atoms with Crippen LogP contribution in [0.25, 0.3) is 0 Å². The largest absolute Gasteiger partial charge is 0.366 e. The average molecular weight is 257 g/mol. The maximum atomic E-state index is 11.9. The Bertz CT molecular complexity index is 455. The van der Waals surface area contributed by atoms with Gasteiger partial charge in [0, 0.05) is 26.7 Å². The SMILES string of the molecule is CCCn1ncc(N(C)C2CNC2)c(Cl)c1=O. The number of aryl methyl sites for hydroxylation is 1. The number of hydrogen-bond acceptors (Lipinski definition) is 4. The molecule has 1 aromatic rings. The van der Waals surface area contributed by atoms with E-state index in [1.807, 2.05) is 18.9 Å². The summed E-state index contributed by atoms with van der Waals surface area (Å²) >= 11 is 6.12. The molecule has 0 amide bonds. The van der Waals surface area contributed by atoms with Crippen molar-refractivity contribution < 1.29 is 0 Å². The summed E-state index contributed by atoms with van der Waals surface area (Å²) in [5.74, 6) is 0. The zero-order valence-corrected chi connectivity index (χ0v) is 10.9. The maximum absolute atomic E-state index is 11.9. The van der Waals surface area contributed by atoms with Gasteiger partial charge in [-0.25, -0.2) is 4.68 Å². The minimum Gasteiger partial charge on any atom is -0.366 e. The van der Waals surface area contributed by atoms with E-state index in [-0.39, 0.29) is 10.6 Å². The van der Waals surface area contributed by atoms with Gasteiger partial charge >= 0.3 is 0 Å². The molecule has 0 spiro atoms. The molecule has 0 unspecified atom stereocenters. The fraction of sp³-hybridized carbons (Fsp3) is 0.636. The predicted molar refractivity (Wildman–Crippen MR) is 68.9 cm³/mol. The Balaban J connectivity index is 2.29. The molecule has 0 radical (unpaired) electrons. The Labute approximate surface area is 105 Å². The molecule has 0 aliphatic carbocycles. The first-order valence-electron chi connectivity index (χ1n) is 5.84. The van der Waals surface area contributed by atoms with Gasteiger partial charge in [-0.05, 0) is 6.42 Å². The first-order valence-corrected chi connectivity index (χ1v) is 6.22. The molecule has 5 nitrogen and oxygen atoms in total. The van der Waals surface area contributed by atoms with Gasteiger partial charge in [-0.3, -0.25) is 4.79 Å². The lowest BCUT2D eigenvalue weighted by Crippen LogP contribution is -2.56. The van der Waals surface area contributed by atoms with Crippen molar-refractivity contribution in [2.75, 3.05) is 25.0 Å². The molecule has 1 fully saturated rings. The second-order valence-electron chi connectivity index (χ2n) is 4.30. The van der Waals surface area contributed by atoms with Crippen LogP contribution in [0.3, 0.4) is 0 Å². The van der Waals surface area contributed by atoms with E-state index in [2.05, 4.69) is 10.4 Å². The smallest absolute Gasteiger partial charge is 0.287 e. The minimum atomic E-state index is -0.204. The van der Waals surface area contributed by atoms with Gasteiger partial charge in [0.05, 0.1) is 17.9 Å². The van der Waals surface area contributed by atoms with Crippen molar-refractivity contribution >= 4 is 17.3 Å². The van der Waals surface area contributed by atoms with E-state index < -0.39 is 0 Å². The molecule has 0 atom stereocenters. The van der Waals surface area contributed by atoms with Crippen molar-refractivity contribution in [3.05, 3.63) is 21.6 Å². The quantitative estimate of drug-likeness (QED) is 0.862. The van der Waals surface area contributed by atoms with Gasteiger partial charge in [0.15, 0.2) is 0 Å². The summed E-state index contributed by atoms with van der Waals surface area (Å²) in [6.07, 6.45) is 2.54. The van der Waals surface area contributed by atoms with Gasteiger partial charge in [-0.1, -0.05) is 18.5 Å². The molecule has 1 aliphatic rings. The van der Waals surface area contributed by atoms with Crippen LogP contribution in [0.1, 0.15) is 13.3 Å². The molecule has 1 aliphatic heterocycles. The first-order chi connectivity index (χ1) is 8.15. The zero-order chi connectivity index (χ0) is 12.4. The lowest BCUT2D eigenvalue weighted by Gasteiger charge is -2.37. The van der Waals surface area contributed by atoms with Gasteiger partial charge in [0.2, 0.25) is 0 Å². The normalized spacial score (nSPS) is 15.7. The first kappa shape index (κ1) is 12.4. The van der Waals surface area contributed by atoms with E-state index in [1.54, 1.807) is 6.20 Å². The summed E-state index contributed by atoms with van der Waals surface area (Å²) in [7, 11) is 1.94. The number of nitrogens with zero attached hydrogens (tertiary/aromatic N) is 3. The van der Waals surface area contributed by atoms with Crippen LogP contribution in [0.15, 0.2) is 11.0 Å². The Hall–Kier alpha value is -1.07. The third-order valence-corrected chi connectivity index (χ3v) is 3.44. The van der Waals surface area contributed by atoms with Gasteiger partial charge in [-0.2, -0.15) is 5.10 Å². The molecule has 1 aromatic heterocycles. The molecule has 17 heavy (non-hydrogen) atoms. The highest BCUT2D eigenvalue weighted by atomic mass is 35.5. The van der Waals surface area contributed by atoms with E-state index in [0.717, 1.165) is 25.2 Å². The van der Waals surface area contributed by atoms with E-state index >= 15 is 0 Å². The number of likely N-dealkylation sites (N-methyl/N-ethyl adjacent to an activating group) is 1. The summed E-state index contributed by atoms with van der Waals surface area (Å²) in [6.45, 7) is 4.45. The van der Waals surface area contributed by atoms with E-state index in [9.17, 15) is 4.79 Å². The van der Waals surface area contributed by atoms with Gasteiger partial charge < -0.3 is 10.2 Å². The highest BCUT2D eigenvalue weighted by Crippen LogP contribution is 2.22. The number of halogens is 1. The molecule has 1 saturated heterocycles. The van der Waals surface area contributed by atoms with Crippen LogP contribution in [-0.2, 0) is 6.54 Å². The van der Waals surface area contributed by atoms with Crippen LogP contribution in [-0.4, -0.2) is 36.0 Å². The Morgan fingerprint density at radius 1 is 1.65 bits per heavy atom. The standard InChI is InChI=1S/C11H17ClN4O/c1-3-4-16-11(17)10(12)9(7-14-16)15(2)8-5-13-6-8/h7-8,13H,3-6H2,1-2H3. The van der Waals surface area contributed by atoms with Gasteiger partial charge in [0.25, 0.3) is 5.56 Å². The highest BCUT2D eigenvalue weighted by Gasteiger charge is 2.24. The molecule has 0 saturated carbocycles. The van der Waals surface area contributed by atoms with Crippen molar-refractivity contribution in [3.8, 4) is 0 Å². The lowest BCUT2D eigenvalue weighted by atomic mass is 10.1. The Morgan fingerprint density at radius 2 is 2.35 bits per heavy atom. The predicted octanol–water partition coefficient (Wildman–Crippen LogP) is 0.715. The second kappa shape index (κ2) is 5.06. The average Bonchev–Trinajstić information content (AvgIpc) is 2.22. The Kier molecular flexibility index (Phi) is 3.69. The summed E-state index contributed by atoms with van der Waals surface area (Å²) in [5, 5.41) is 7.60. The highest BCUT2D eigenvalue weighted by molar-refractivity contribution is 6.33. The van der Waals surface area contributed by atoms with Crippen LogP contribution in [0.4, 0.5) is 5.69 Å². The van der Waals surface area contributed by atoms with Crippen LogP contribution < -0.4 is 15.8 Å². The lowest BCUT2D eigenvalue weighted by molar-refractivity contribution is 0.427. The van der Waals surface area contributed by atoms with Crippen molar-refractivity contribution in [2.24, 2.45) is 0 Å². The number of anilines is 1. The molecule has 2 rings (SSSR count). The topological polar surface area (TPSA) is 50.2 Å². The van der Waals surface area contributed by atoms with Crippen molar-refractivity contribution in [1.29, 1.82) is 0 Å². The summed E-state index contributed by atoms with van der Waals surface area (Å²) in [6, 6.07) is 0.399. The molecule has 6 heteroatoms. The molecular formula is C11H17ClN4O. The molecule has 0 aromatic carbocycles. The number of rotatable bonds is 4. The molecule has 0 bridgehead atoms. The number of hydrogen-bond donors (Lipinski definition) is 1. The second-order valence-corrected chi connectivity index (χ2v) is 4.67. The monoisotopic (exact) mass is 256 g/mol. The fourth-order valence-corrected chi connectivity index (χ4v) is 2.10. The third kappa shape index (κ3) is 2.30. The van der Waals surface area contributed by atoms with Crippen LogP contribution in [0.5, 0.6) is 0 Å². The van der Waals surface area contributed by atoms with E-state index in [4.69, 9.17) is 11.6 Å². The fourth-order valence-electron chi connectivity index (χ4n) is 1.82. The third-order valence-electron chi connectivity index (χ3n) is 3.09. The van der Waals surface area contributed by atoms with Crippen molar-refractivity contribution in [2.45, 2.75) is 25.9 Å². The number of nitrogens with one attached hydrogen (secondary N) is 1. The summed E-state index contributed by atoms with van der Waals surface area (Å²) in [4.78, 5) is 14.0. The summed E-state index contributed by atoms with van der Waals surface area (Å²) < 4.78 is 1.42. The van der Waals surface area contributed by atoms with Crippen molar-refractivity contribution in [3.63, 3.8) is 0 Å². The summed E-state index contributed by atoms with van der Waals surface area (Å²) in [5.41, 5.74) is 0.515. The van der Waals surface area contributed by atoms with Crippen LogP contribution in [0, 0.1) is 0 Å². The van der Waals surface area contributed by atoms with Gasteiger partial charge in [-0.15, -0.1) is 0 Å². The van der Waals surface area contributed by atoms with Crippen LogP contribution in [0.2, 0.25) is 5.02 Å². The van der Waals surface area contributed by atoms with E-state index in [0.29, 0.717) is 12.6 Å². The minimum absolute atomic E-state index is 0.204. The number of aromatic nitrogens is 2. The zero-order valence-electron chi connectivity index (χ0n) is 10.1. The van der Waals surface area contributed by atoms with Gasteiger partial charge in [0.1, 0.15) is 5.02 Å². The molecular weight excluding hydrogens is 240 g/mol. The molecule has 2 heterocycles. The molecule has 1 N–H and O–H groups in total. The van der Waals surface area contributed by atoms with Crippen molar-refractivity contribution in [1.82, 2.24) is 15.1 Å². The Morgan fingerprint density at radius 3 is 2.88 bits per heavy atom.